The molecule has 22 heavy (non-hydrogen) atoms. The van der Waals surface area contributed by atoms with Crippen molar-refractivity contribution in [3.05, 3.63) is 58.7 Å². The standard InChI is InChI=1S/C19H23NO2/c1-12-7-9-18(15(4)10-12)22-16(5)19(21)20-17-11-13(2)6-8-14(17)3/h6-11,16H,1-5H3,(H,20,21). The Morgan fingerprint density at radius 1 is 0.955 bits per heavy atom. The summed E-state index contributed by atoms with van der Waals surface area (Å²) in [6, 6.07) is 11.9. The van der Waals surface area contributed by atoms with Gasteiger partial charge in [-0.15, -0.1) is 0 Å². The summed E-state index contributed by atoms with van der Waals surface area (Å²) < 4.78 is 5.79. The maximum atomic E-state index is 12.3. The molecule has 1 unspecified atom stereocenters. The SMILES string of the molecule is Cc1ccc(OC(C)C(=O)Nc2cc(C)ccc2C)c(C)c1. The minimum Gasteiger partial charge on any atom is -0.481 e. The van der Waals surface area contributed by atoms with Gasteiger partial charge in [0.25, 0.3) is 5.91 Å². The summed E-state index contributed by atoms with van der Waals surface area (Å²) in [7, 11) is 0. The summed E-state index contributed by atoms with van der Waals surface area (Å²) in [5, 5.41) is 2.94. The fraction of sp³-hybridized carbons (Fsp3) is 0.316. The second kappa shape index (κ2) is 6.65. The van der Waals surface area contributed by atoms with Crippen LogP contribution in [0.4, 0.5) is 5.69 Å². The number of hydrogen-bond donors (Lipinski definition) is 1. The Hall–Kier alpha value is -2.29. The van der Waals surface area contributed by atoms with Gasteiger partial charge < -0.3 is 10.1 Å². The molecule has 0 bridgehead atoms. The van der Waals surface area contributed by atoms with Gasteiger partial charge in [-0.3, -0.25) is 4.79 Å². The van der Waals surface area contributed by atoms with Crippen molar-refractivity contribution < 1.29 is 9.53 Å². The first-order chi connectivity index (χ1) is 10.4. The molecule has 0 radical (unpaired) electrons. The number of benzene rings is 2. The van der Waals surface area contributed by atoms with Gasteiger partial charge in [0.1, 0.15) is 5.75 Å². The fourth-order valence-corrected chi connectivity index (χ4v) is 2.28. The van der Waals surface area contributed by atoms with E-state index in [0.717, 1.165) is 28.1 Å². The molecule has 0 aliphatic rings. The van der Waals surface area contributed by atoms with E-state index in [-0.39, 0.29) is 5.91 Å². The number of carbonyl (C=O) groups excluding carboxylic acids is 1. The highest BCUT2D eigenvalue weighted by molar-refractivity contribution is 5.94. The summed E-state index contributed by atoms with van der Waals surface area (Å²) in [6.07, 6.45) is -0.554. The van der Waals surface area contributed by atoms with E-state index in [1.54, 1.807) is 6.92 Å². The third kappa shape index (κ3) is 3.88. The molecule has 1 atom stereocenters. The Morgan fingerprint density at radius 3 is 2.27 bits per heavy atom. The van der Waals surface area contributed by atoms with Gasteiger partial charge in [-0.2, -0.15) is 0 Å². The molecular formula is C19H23NO2. The van der Waals surface area contributed by atoms with E-state index in [4.69, 9.17) is 4.74 Å². The lowest BCUT2D eigenvalue weighted by Gasteiger charge is -2.17. The number of rotatable bonds is 4. The van der Waals surface area contributed by atoms with Crippen molar-refractivity contribution in [1.82, 2.24) is 0 Å². The molecule has 2 rings (SSSR count). The van der Waals surface area contributed by atoms with Crippen LogP contribution in [-0.2, 0) is 4.79 Å². The van der Waals surface area contributed by atoms with E-state index in [9.17, 15) is 4.79 Å². The predicted octanol–water partition coefficient (Wildman–Crippen LogP) is 4.33. The lowest BCUT2D eigenvalue weighted by Crippen LogP contribution is -2.30. The molecule has 2 aromatic rings. The van der Waals surface area contributed by atoms with Crippen LogP contribution in [0.1, 0.15) is 29.2 Å². The zero-order chi connectivity index (χ0) is 16.3. The van der Waals surface area contributed by atoms with Crippen LogP contribution >= 0.6 is 0 Å². The molecule has 0 aliphatic carbocycles. The van der Waals surface area contributed by atoms with E-state index in [1.807, 2.05) is 64.1 Å². The normalized spacial score (nSPS) is 11.9. The summed E-state index contributed by atoms with van der Waals surface area (Å²) in [4.78, 5) is 12.3. The Bertz CT molecular complexity index is 692. The fourth-order valence-electron chi connectivity index (χ4n) is 2.28. The van der Waals surface area contributed by atoms with Gasteiger partial charge in [-0.1, -0.05) is 29.8 Å². The van der Waals surface area contributed by atoms with Crippen molar-refractivity contribution in [3.63, 3.8) is 0 Å². The highest BCUT2D eigenvalue weighted by atomic mass is 16.5. The second-order valence-corrected chi connectivity index (χ2v) is 5.84. The molecule has 3 nitrogen and oxygen atoms in total. The Morgan fingerprint density at radius 2 is 1.59 bits per heavy atom. The Labute approximate surface area is 132 Å². The van der Waals surface area contributed by atoms with Crippen LogP contribution in [0.15, 0.2) is 36.4 Å². The highest BCUT2D eigenvalue weighted by Crippen LogP contribution is 2.21. The van der Waals surface area contributed by atoms with E-state index >= 15 is 0 Å². The van der Waals surface area contributed by atoms with Crippen LogP contribution in [0.25, 0.3) is 0 Å². The van der Waals surface area contributed by atoms with Crippen LogP contribution in [0.3, 0.4) is 0 Å². The monoisotopic (exact) mass is 297 g/mol. The van der Waals surface area contributed by atoms with Gasteiger partial charge in [0, 0.05) is 5.69 Å². The largest absolute Gasteiger partial charge is 0.481 e. The Balaban J connectivity index is 2.07. The third-order valence-electron chi connectivity index (χ3n) is 3.65. The molecule has 0 fully saturated rings. The average molecular weight is 297 g/mol. The average Bonchev–Trinajstić information content (AvgIpc) is 2.45. The number of aryl methyl sites for hydroxylation is 4. The number of anilines is 1. The molecule has 1 amide bonds. The van der Waals surface area contributed by atoms with Gasteiger partial charge in [-0.05, 0) is 63.4 Å². The molecule has 0 spiro atoms. The first-order valence-corrected chi connectivity index (χ1v) is 7.49. The molecule has 1 N–H and O–H groups in total. The van der Waals surface area contributed by atoms with Crippen molar-refractivity contribution in [2.75, 3.05) is 5.32 Å². The van der Waals surface area contributed by atoms with E-state index < -0.39 is 6.10 Å². The summed E-state index contributed by atoms with van der Waals surface area (Å²) in [6.45, 7) is 9.76. The summed E-state index contributed by atoms with van der Waals surface area (Å²) in [5.41, 5.74) is 5.20. The lowest BCUT2D eigenvalue weighted by atomic mass is 10.1. The quantitative estimate of drug-likeness (QED) is 0.912. The van der Waals surface area contributed by atoms with Crippen LogP contribution in [0.5, 0.6) is 5.75 Å². The molecule has 0 heterocycles. The van der Waals surface area contributed by atoms with Crippen molar-refractivity contribution >= 4 is 11.6 Å². The van der Waals surface area contributed by atoms with E-state index in [2.05, 4.69) is 5.32 Å². The van der Waals surface area contributed by atoms with Gasteiger partial charge in [-0.25, -0.2) is 0 Å². The topological polar surface area (TPSA) is 38.3 Å². The summed E-state index contributed by atoms with van der Waals surface area (Å²) >= 11 is 0. The molecule has 0 aromatic heterocycles. The zero-order valence-corrected chi connectivity index (χ0v) is 13.9. The van der Waals surface area contributed by atoms with Crippen LogP contribution in [0, 0.1) is 27.7 Å². The van der Waals surface area contributed by atoms with Crippen LogP contribution in [0.2, 0.25) is 0 Å². The first kappa shape index (κ1) is 16.1. The molecule has 0 saturated heterocycles. The minimum atomic E-state index is -0.554. The highest BCUT2D eigenvalue weighted by Gasteiger charge is 2.16. The number of amides is 1. The number of hydrogen-bond acceptors (Lipinski definition) is 2. The van der Waals surface area contributed by atoms with Gasteiger partial charge in [0.2, 0.25) is 0 Å². The first-order valence-electron chi connectivity index (χ1n) is 7.49. The lowest BCUT2D eigenvalue weighted by molar-refractivity contribution is -0.122. The maximum absolute atomic E-state index is 12.3. The van der Waals surface area contributed by atoms with Crippen molar-refractivity contribution in [2.45, 2.75) is 40.7 Å². The Kier molecular flexibility index (Phi) is 4.86. The maximum Gasteiger partial charge on any atom is 0.265 e. The third-order valence-corrected chi connectivity index (χ3v) is 3.65. The molecule has 3 heteroatoms. The smallest absolute Gasteiger partial charge is 0.265 e. The van der Waals surface area contributed by atoms with Gasteiger partial charge in [0.15, 0.2) is 6.10 Å². The van der Waals surface area contributed by atoms with Crippen LogP contribution in [-0.4, -0.2) is 12.0 Å². The molecule has 0 aliphatic heterocycles. The summed E-state index contributed by atoms with van der Waals surface area (Å²) in [5.74, 6) is 0.600. The number of nitrogens with one attached hydrogen (secondary N) is 1. The van der Waals surface area contributed by atoms with E-state index in [1.165, 1.54) is 5.56 Å². The van der Waals surface area contributed by atoms with Gasteiger partial charge >= 0.3 is 0 Å². The number of carbonyl (C=O) groups is 1. The molecule has 0 saturated carbocycles. The second-order valence-electron chi connectivity index (χ2n) is 5.84. The minimum absolute atomic E-state index is 0.145. The molecule has 2 aromatic carbocycles. The molecular weight excluding hydrogens is 274 g/mol. The van der Waals surface area contributed by atoms with Crippen molar-refractivity contribution in [1.29, 1.82) is 0 Å². The van der Waals surface area contributed by atoms with Crippen molar-refractivity contribution in [2.24, 2.45) is 0 Å². The predicted molar refractivity (Wildman–Crippen MR) is 90.6 cm³/mol. The van der Waals surface area contributed by atoms with E-state index in [0.29, 0.717) is 0 Å². The number of ether oxygens (including phenoxy) is 1. The zero-order valence-electron chi connectivity index (χ0n) is 13.9. The van der Waals surface area contributed by atoms with Gasteiger partial charge in [0.05, 0.1) is 0 Å². The van der Waals surface area contributed by atoms with Crippen LogP contribution < -0.4 is 10.1 Å². The molecule has 116 valence electrons. The van der Waals surface area contributed by atoms with Crippen molar-refractivity contribution in [3.8, 4) is 5.75 Å².